The van der Waals surface area contributed by atoms with Gasteiger partial charge >= 0.3 is 0 Å². The largest absolute Gasteiger partial charge is 0.371 e. The van der Waals surface area contributed by atoms with Crippen molar-refractivity contribution >= 4 is 11.6 Å². The van der Waals surface area contributed by atoms with Gasteiger partial charge in [-0.3, -0.25) is 4.79 Å². The highest BCUT2D eigenvalue weighted by Crippen LogP contribution is 2.21. The fourth-order valence-electron chi connectivity index (χ4n) is 3.60. The van der Waals surface area contributed by atoms with E-state index in [1.807, 2.05) is 30.3 Å². The standard InChI is InChI=1S/C19H22FN5O/c20-15-9-18(11-22)25(13-15)19(26)12-23-16-5-7-24(8-6-16)17-3-1-14(10-21)2-4-17/h1-4,15-16,18,23H,5-9,12-13H2. The lowest BCUT2D eigenvalue weighted by Gasteiger charge is -2.34. The molecule has 2 saturated heterocycles. The van der Waals surface area contributed by atoms with Gasteiger partial charge in [0.2, 0.25) is 5.91 Å². The molecule has 6 nitrogen and oxygen atoms in total. The molecule has 1 N–H and O–H groups in total. The van der Waals surface area contributed by atoms with E-state index in [1.54, 1.807) is 0 Å². The minimum atomic E-state index is -1.10. The Morgan fingerprint density at radius 1 is 1.23 bits per heavy atom. The zero-order valence-corrected chi connectivity index (χ0v) is 14.6. The number of halogens is 1. The van der Waals surface area contributed by atoms with E-state index in [-0.39, 0.29) is 31.5 Å². The minimum Gasteiger partial charge on any atom is -0.371 e. The molecule has 0 aliphatic carbocycles. The average molecular weight is 355 g/mol. The molecule has 1 aromatic carbocycles. The molecule has 0 radical (unpaired) electrons. The van der Waals surface area contributed by atoms with E-state index in [0.29, 0.717) is 5.56 Å². The molecule has 26 heavy (non-hydrogen) atoms. The summed E-state index contributed by atoms with van der Waals surface area (Å²) < 4.78 is 13.4. The summed E-state index contributed by atoms with van der Waals surface area (Å²) in [5.41, 5.74) is 1.75. The normalized spacial score (nSPS) is 23.5. The number of anilines is 1. The number of carbonyl (C=O) groups excluding carboxylic acids is 1. The highest BCUT2D eigenvalue weighted by molar-refractivity contribution is 5.79. The molecule has 3 rings (SSSR count). The Labute approximate surface area is 152 Å². The molecule has 0 saturated carbocycles. The molecule has 1 aromatic rings. The lowest BCUT2D eigenvalue weighted by Crippen LogP contribution is -2.47. The van der Waals surface area contributed by atoms with Crippen LogP contribution in [-0.2, 0) is 4.79 Å². The van der Waals surface area contributed by atoms with E-state index < -0.39 is 12.2 Å². The molecule has 0 aromatic heterocycles. The van der Waals surface area contributed by atoms with Crippen molar-refractivity contribution in [1.29, 1.82) is 10.5 Å². The Morgan fingerprint density at radius 2 is 1.92 bits per heavy atom. The molecular formula is C19H22FN5O. The minimum absolute atomic E-state index is 0.0237. The van der Waals surface area contributed by atoms with Crippen molar-refractivity contribution in [1.82, 2.24) is 10.2 Å². The Balaban J connectivity index is 1.45. The molecule has 2 unspecified atom stereocenters. The van der Waals surface area contributed by atoms with Crippen molar-refractivity contribution in [3.8, 4) is 12.1 Å². The Kier molecular flexibility index (Phi) is 5.70. The van der Waals surface area contributed by atoms with Crippen LogP contribution in [0.4, 0.5) is 10.1 Å². The number of rotatable bonds is 4. The van der Waals surface area contributed by atoms with Crippen LogP contribution in [0.25, 0.3) is 0 Å². The summed E-state index contributed by atoms with van der Waals surface area (Å²) in [5.74, 6) is -0.203. The number of carbonyl (C=O) groups is 1. The van der Waals surface area contributed by atoms with Crippen molar-refractivity contribution in [3.63, 3.8) is 0 Å². The van der Waals surface area contributed by atoms with Crippen LogP contribution in [0.2, 0.25) is 0 Å². The number of amides is 1. The lowest BCUT2D eigenvalue weighted by molar-refractivity contribution is -0.130. The molecule has 2 aliphatic rings. The first-order chi connectivity index (χ1) is 12.6. The van der Waals surface area contributed by atoms with Gasteiger partial charge in [-0.1, -0.05) is 0 Å². The van der Waals surface area contributed by atoms with Crippen molar-refractivity contribution in [2.24, 2.45) is 0 Å². The monoisotopic (exact) mass is 355 g/mol. The molecule has 7 heteroatoms. The van der Waals surface area contributed by atoms with Crippen LogP contribution in [0.1, 0.15) is 24.8 Å². The molecule has 0 bridgehead atoms. The number of benzene rings is 1. The van der Waals surface area contributed by atoms with Gasteiger partial charge < -0.3 is 15.1 Å². The summed E-state index contributed by atoms with van der Waals surface area (Å²) in [7, 11) is 0. The van der Waals surface area contributed by atoms with Crippen LogP contribution in [-0.4, -0.2) is 55.2 Å². The maximum Gasteiger partial charge on any atom is 0.237 e. The van der Waals surface area contributed by atoms with Gasteiger partial charge in [-0.15, -0.1) is 0 Å². The predicted octanol–water partition coefficient (Wildman–Crippen LogP) is 1.58. The van der Waals surface area contributed by atoms with Crippen LogP contribution in [0.5, 0.6) is 0 Å². The average Bonchev–Trinajstić information content (AvgIpc) is 3.07. The van der Waals surface area contributed by atoms with E-state index >= 15 is 0 Å². The van der Waals surface area contributed by atoms with Crippen molar-refractivity contribution in [3.05, 3.63) is 29.8 Å². The number of alkyl halides is 1. The van der Waals surface area contributed by atoms with Gasteiger partial charge in [-0.2, -0.15) is 10.5 Å². The number of likely N-dealkylation sites (tertiary alicyclic amines) is 1. The van der Waals surface area contributed by atoms with Crippen LogP contribution in [0, 0.1) is 22.7 Å². The molecule has 2 fully saturated rings. The third-order valence-corrected chi connectivity index (χ3v) is 5.12. The SMILES string of the molecule is N#Cc1ccc(N2CCC(NCC(=O)N3CC(F)CC3C#N)CC2)cc1. The summed E-state index contributed by atoms with van der Waals surface area (Å²) in [6, 6.07) is 11.3. The summed E-state index contributed by atoms with van der Waals surface area (Å²) in [4.78, 5) is 15.9. The van der Waals surface area contributed by atoms with Crippen molar-refractivity contribution in [2.75, 3.05) is 31.1 Å². The first kappa shape index (κ1) is 18.2. The Hall–Kier alpha value is -2.64. The topological polar surface area (TPSA) is 83.2 Å². The van der Waals surface area contributed by atoms with E-state index in [4.69, 9.17) is 10.5 Å². The predicted molar refractivity (Wildman–Crippen MR) is 95.0 cm³/mol. The van der Waals surface area contributed by atoms with Crippen LogP contribution >= 0.6 is 0 Å². The van der Waals surface area contributed by atoms with Crippen LogP contribution in [0.15, 0.2) is 24.3 Å². The fourth-order valence-corrected chi connectivity index (χ4v) is 3.60. The second-order valence-electron chi connectivity index (χ2n) is 6.82. The molecule has 2 aliphatic heterocycles. The third-order valence-electron chi connectivity index (χ3n) is 5.12. The first-order valence-electron chi connectivity index (χ1n) is 8.92. The molecular weight excluding hydrogens is 333 g/mol. The van der Waals surface area contributed by atoms with Gasteiger partial charge in [0, 0.05) is 31.2 Å². The first-order valence-corrected chi connectivity index (χ1v) is 8.92. The zero-order chi connectivity index (χ0) is 18.5. The van der Waals surface area contributed by atoms with Gasteiger partial charge in [-0.25, -0.2) is 4.39 Å². The van der Waals surface area contributed by atoms with Gasteiger partial charge in [0.25, 0.3) is 0 Å². The molecule has 2 heterocycles. The number of piperidine rings is 1. The van der Waals surface area contributed by atoms with Gasteiger partial charge in [-0.05, 0) is 37.1 Å². The number of hydrogen-bond acceptors (Lipinski definition) is 5. The Bertz CT molecular complexity index is 715. The van der Waals surface area contributed by atoms with E-state index in [1.165, 1.54) is 4.90 Å². The molecule has 0 spiro atoms. The number of nitriles is 2. The Morgan fingerprint density at radius 3 is 2.54 bits per heavy atom. The van der Waals surface area contributed by atoms with Gasteiger partial charge in [0.15, 0.2) is 0 Å². The lowest BCUT2D eigenvalue weighted by atomic mass is 10.0. The summed E-state index contributed by atoms with van der Waals surface area (Å²) in [6.07, 6.45) is 0.825. The summed E-state index contributed by atoms with van der Waals surface area (Å²) in [6.45, 7) is 1.91. The summed E-state index contributed by atoms with van der Waals surface area (Å²) >= 11 is 0. The molecule has 1 amide bonds. The summed E-state index contributed by atoms with van der Waals surface area (Å²) in [5, 5.41) is 21.2. The van der Waals surface area contributed by atoms with Crippen LogP contribution < -0.4 is 10.2 Å². The van der Waals surface area contributed by atoms with E-state index in [2.05, 4.69) is 16.3 Å². The zero-order valence-electron chi connectivity index (χ0n) is 14.6. The number of hydrogen-bond donors (Lipinski definition) is 1. The second-order valence-corrected chi connectivity index (χ2v) is 6.82. The number of nitrogens with zero attached hydrogens (tertiary/aromatic N) is 4. The van der Waals surface area contributed by atoms with E-state index in [9.17, 15) is 9.18 Å². The molecule has 2 atom stereocenters. The smallest absolute Gasteiger partial charge is 0.237 e. The maximum absolute atomic E-state index is 13.4. The van der Waals surface area contributed by atoms with E-state index in [0.717, 1.165) is 31.6 Å². The maximum atomic E-state index is 13.4. The quantitative estimate of drug-likeness (QED) is 0.887. The third kappa shape index (κ3) is 4.12. The van der Waals surface area contributed by atoms with Crippen LogP contribution in [0.3, 0.4) is 0 Å². The van der Waals surface area contributed by atoms with Crippen molar-refractivity contribution < 1.29 is 9.18 Å². The van der Waals surface area contributed by atoms with Crippen molar-refractivity contribution in [2.45, 2.75) is 37.5 Å². The number of nitrogens with one attached hydrogen (secondary N) is 1. The fraction of sp³-hybridized carbons (Fsp3) is 0.526. The second kappa shape index (κ2) is 8.16. The molecule has 136 valence electrons. The van der Waals surface area contributed by atoms with Gasteiger partial charge in [0.1, 0.15) is 12.2 Å². The van der Waals surface area contributed by atoms with Gasteiger partial charge in [0.05, 0.1) is 30.8 Å². The highest BCUT2D eigenvalue weighted by Gasteiger charge is 2.35. The highest BCUT2D eigenvalue weighted by atomic mass is 19.1.